The van der Waals surface area contributed by atoms with Gasteiger partial charge in [-0.25, -0.2) is 8.78 Å². The minimum atomic E-state index is -1.20. The van der Waals surface area contributed by atoms with Gasteiger partial charge < -0.3 is 5.11 Å². The van der Waals surface area contributed by atoms with Crippen LogP contribution in [0.15, 0.2) is 42.5 Å². The number of hydrogen-bond donors (Lipinski definition) is 1. The summed E-state index contributed by atoms with van der Waals surface area (Å²) in [5.74, 6) is -0.883. The molecule has 0 fully saturated rings. The van der Waals surface area contributed by atoms with Crippen molar-refractivity contribution in [1.29, 1.82) is 0 Å². The molecule has 2 aromatic carbocycles. The van der Waals surface area contributed by atoms with Crippen molar-refractivity contribution in [2.45, 2.75) is 18.9 Å². The van der Waals surface area contributed by atoms with Crippen molar-refractivity contribution in [3.05, 3.63) is 70.2 Å². The first kappa shape index (κ1) is 14.0. The third-order valence-electron chi connectivity index (χ3n) is 3.00. The highest BCUT2D eigenvalue weighted by atomic mass is 35.5. The Balaban J connectivity index is 2.25. The maximum atomic E-state index is 13.3. The first-order chi connectivity index (χ1) is 8.88. The molecule has 0 saturated carbocycles. The molecule has 0 heterocycles. The number of rotatable bonds is 3. The Morgan fingerprint density at radius 3 is 2.32 bits per heavy atom. The van der Waals surface area contributed by atoms with Crippen LogP contribution in [0.5, 0.6) is 0 Å². The average Bonchev–Trinajstić information content (AvgIpc) is 2.34. The molecule has 2 rings (SSSR count). The predicted molar refractivity (Wildman–Crippen MR) is 71.1 cm³/mol. The minimum absolute atomic E-state index is 0.0465. The first-order valence-electron chi connectivity index (χ1n) is 5.81. The van der Waals surface area contributed by atoms with Crippen molar-refractivity contribution in [3.8, 4) is 0 Å². The molecule has 0 radical (unpaired) electrons. The van der Waals surface area contributed by atoms with Crippen molar-refractivity contribution in [3.63, 3.8) is 0 Å². The van der Waals surface area contributed by atoms with Crippen LogP contribution in [0.2, 0.25) is 5.02 Å². The van der Waals surface area contributed by atoms with Crippen molar-refractivity contribution < 1.29 is 13.9 Å². The highest BCUT2D eigenvalue weighted by Crippen LogP contribution is 2.27. The second kappa shape index (κ2) is 5.27. The summed E-state index contributed by atoms with van der Waals surface area (Å²) in [5, 5.41) is 10.5. The molecule has 0 amide bonds. The summed E-state index contributed by atoms with van der Waals surface area (Å²) in [6.07, 6.45) is 0.215. The van der Waals surface area contributed by atoms with Crippen LogP contribution in [0.3, 0.4) is 0 Å². The van der Waals surface area contributed by atoms with E-state index < -0.39 is 11.4 Å². The highest BCUT2D eigenvalue weighted by Gasteiger charge is 2.23. The Bertz CT molecular complexity index is 579. The Morgan fingerprint density at radius 1 is 1.11 bits per heavy atom. The van der Waals surface area contributed by atoms with Crippen molar-refractivity contribution in [2.75, 3.05) is 0 Å². The SMILES string of the molecule is CC(O)(Cc1ccc(Cl)c(F)c1)c1ccc(F)cc1. The molecule has 1 nitrogen and oxygen atoms in total. The van der Waals surface area contributed by atoms with E-state index in [1.54, 1.807) is 13.0 Å². The van der Waals surface area contributed by atoms with Gasteiger partial charge in [0.15, 0.2) is 0 Å². The molecule has 1 N–H and O–H groups in total. The Labute approximate surface area is 115 Å². The number of halogens is 3. The van der Waals surface area contributed by atoms with Gasteiger partial charge in [-0.05, 0) is 42.3 Å². The standard InChI is InChI=1S/C15H13ClF2O/c1-15(19,11-3-5-12(17)6-4-11)9-10-2-7-13(16)14(18)8-10/h2-8,19H,9H2,1H3. The average molecular weight is 283 g/mol. The third kappa shape index (κ3) is 3.31. The molecule has 4 heteroatoms. The molecule has 0 aliphatic carbocycles. The van der Waals surface area contributed by atoms with Crippen LogP contribution < -0.4 is 0 Å². The molecule has 100 valence electrons. The van der Waals surface area contributed by atoms with E-state index in [4.69, 9.17) is 11.6 Å². The van der Waals surface area contributed by atoms with E-state index in [1.165, 1.54) is 36.4 Å². The van der Waals surface area contributed by atoms with Crippen LogP contribution in [-0.4, -0.2) is 5.11 Å². The summed E-state index contributed by atoms with van der Waals surface area (Å²) in [6.45, 7) is 1.60. The summed E-state index contributed by atoms with van der Waals surface area (Å²) in [7, 11) is 0. The van der Waals surface area contributed by atoms with Crippen molar-refractivity contribution in [1.82, 2.24) is 0 Å². The van der Waals surface area contributed by atoms with Gasteiger partial charge in [0.25, 0.3) is 0 Å². The van der Waals surface area contributed by atoms with E-state index in [9.17, 15) is 13.9 Å². The number of hydrogen-bond acceptors (Lipinski definition) is 1. The van der Waals surface area contributed by atoms with Crippen LogP contribution in [0.25, 0.3) is 0 Å². The largest absolute Gasteiger partial charge is 0.385 e. The van der Waals surface area contributed by atoms with Gasteiger partial charge in [0, 0.05) is 6.42 Å². The Kier molecular flexibility index (Phi) is 3.88. The van der Waals surface area contributed by atoms with Gasteiger partial charge in [0.2, 0.25) is 0 Å². The summed E-state index contributed by atoms with van der Waals surface area (Å²) in [5.41, 5.74) is -0.00554. The molecule has 0 aromatic heterocycles. The van der Waals surface area contributed by atoms with E-state index >= 15 is 0 Å². The quantitative estimate of drug-likeness (QED) is 0.900. The van der Waals surface area contributed by atoms with Crippen LogP contribution in [0.4, 0.5) is 8.78 Å². The predicted octanol–water partition coefficient (Wildman–Crippen LogP) is 4.07. The summed E-state index contributed by atoms with van der Waals surface area (Å²) < 4.78 is 26.2. The molecule has 0 spiro atoms. The molecule has 1 atom stereocenters. The van der Waals surface area contributed by atoms with Crippen LogP contribution in [0, 0.1) is 11.6 Å². The van der Waals surface area contributed by atoms with Crippen LogP contribution >= 0.6 is 11.6 Å². The lowest BCUT2D eigenvalue weighted by Gasteiger charge is -2.24. The van der Waals surface area contributed by atoms with E-state index in [1.807, 2.05) is 0 Å². The maximum Gasteiger partial charge on any atom is 0.142 e. The molecule has 1 unspecified atom stereocenters. The molecule has 0 bridgehead atoms. The fourth-order valence-electron chi connectivity index (χ4n) is 1.96. The lowest BCUT2D eigenvalue weighted by atomic mass is 9.89. The second-order valence-corrected chi connectivity index (χ2v) is 5.11. The lowest BCUT2D eigenvalue weighted by molar-refractivity contribution is 0.0575. The molecule has 0 aliphatic heterocycles. The zero-order valence-corrected chi connectivity index (χ0v) is 11.1. The van der Waals surface area contributed by atoms with Crippen LogP contribution in [0.1, 0.15) is 18.1 Å². The number of benzene rings is 2. The Morgan fingerprint density at radius 2 is 1.74 bits per heavy atom. The van der Waals surface area contributed by atoms with Gasteiger partial charge in [0.1, 0.15) is 11.6 Å². The van der Waals surface area contributed by atoms with Gasteiger partial charge >= 0.3 is 0 Å². The normalized spacial score (nSPS) is 14.2. The van der Waals surface area contributed by atoms with Gasteiger partial charge in [0.05, 0.1) is 10.6 Å². The van der Waals surface area contributed by atoms with Gasteiger partial charge in [-0.1, -0.05) is 29.8 Å². The summed E-state index contributed by atoms with van der Waals surface area (Å²) >= 11 is 5.61. The maximum absolute atomic E-state index is 13.3. The van der Waals surface area contributed by atoms with Gasteiger partial charge in [-0.3, -0.25) is 0 Å². The molecule has 19 heavy (non-hydrogen) atoms. The monoisotopic (exact) mass is 282 g/mol. The van der Waals surface area contributed by atoms with E-state index in [0.717, 1.165) is 0 Å². The van der Waals surface area contributed by atoms with Gasteiger partial charge in [-0.2, -0.15) is 0 Å². The topological polar surface area (TPSA) is 20.2 Å². The lowest BCUT2D eigenvalue weighted by Crippen LogP contribution is -2.24. The molecular formula is C15H13ClF2O. The summed E-state index contributed by atoms with van der Waals surface area (Å²) in [6, 6.07) is 10.00. The molecular weight excluding hydrogens is 270 g/mol. The van der Waals surface area contributed by atoms with E-state index in [0.29, 0.717) is 11.1 Å². The second-order valence-electron chi connectivity index (χ2n) is 4.71. The zero-order valence-electron chi connectivity index (χ0n) is 10.3. The zero-order chi connectivity index (χ0) is 14.0. The highest BCUT2D eigenvalue weighted by molar-refractivity contribution is 6.30. The smallest absolute Gasteiger partial charge is 0.142 e. The van der Waals surface area contributed by atoms with E-state index in [2.05, 4.69) is 0 Å². The fraction of sp³-hybridized carbons (Fsp3) is 0.200. The van der Waals surface area contributed by atoms with Crippen molar-refractivity contribution >= 4 is 11.6 Å². The Hall–Kier alpha value is -1.45. The van der Waals surface area contributed by atoms with E-state index in [-0.39, 0.29) is 17.3 Å². The summed E-state index contributed by atoms with van der Waals surface area (Å²) in [4.78, 5) is 0. The molecule has 2 aromatic rings. The minimum Gasteiger partial charge on any atom is -0.385 e. The first-order valence-corrected chi connectivity index (χ1v) is 6.19. The third-order valence-corrected chi connectivity index (χ3v) is 3.31. The van der Waals surface area contributed by atoms with Crippen LogP contribution in [-0.2, 0) is 12.0 Å². The molecule has 0 saturated heterocycles. The van der Waals surface area contributed by atoms with Gasteiger partial charge in [-0.15, -0.1) is 0 Å². The van der Waals surface area contributed by atoms with Crippen molar-refractivity contribution in [2.24, 2.45) is 0 Å². The molecule has 0 aliphatic rings. The fourth-order valence-corrected chi connectivity index (χ4v) is 2.08. The number of aliphatic hydroxyl groups is 1.